The SMILES string of the molecule is C=CCCN(CCCC(=O)c1ccno1)C[C@@H]1CCCN1C(=O)CN1CCC[C@H](NS(=O)(=O)c2cc3cc(Cl)ccc3s2)C1=O. The molecule has 4 heterocycles. The van der Waals surface area contributed by atoms with Gasteiger partial charge in [-0.25, -0.2) is 8.42 Å². The largest absolute Gasteiger partial charge is 0.353 e. The number of rotatable bonds is 15. The number of halogens is 1. The third-order valence-corrected chi connectivity index (χ3v) is 11.6. The van der Waals surface area contributed by atoms with Crippen LogP contribution in [0.25, 0.3) is 10.1 Å². The van der Waals surface area contributed by atoms with E-state index in [0.717, 1.165) is 47.2 Å². The number of hydrogen-bond acceptors (Lipinski definition) is 9. The molecule has 0 bridgehead atoms. The first-order valence-electron chi connectivity index (χ1n) is 15.2. The topological polar surface area (TPSA) is 133 Å². The van der Waals surface area contributed by atoms with Crippen molar-refractivity contribution in [3.8, 4) is 0 Å². The zero-order chi connectivity index (χ0) is 32.0. The van der Waals surface area contributed by atoms with E-state index in [1.807, 2.05) is 11.0 Å². The van der Waals surface area contributed by atoms with Gasteiger partial charge in [0.25, 0.3) is 10.0 Å². The van der Waals surface area contributed by atoms with Crippen LogP contribution in [0.15, 0.2) is 57.9 Å². The van der Waals surface area contributed by atoms with E-state index in [2.05, 4.69) is 21.4 Å². The number of carbonyl (C=O) groups excluding carboxylic acids is 3. The second kappa shape index (κ2) is 15.0. The van der Waals surface area contributed by atoms with Gasteiger partial charge in [0.15, 0.2) is 0 Å². The summed E-state index contributed by atoms with van der Waals surface area (Å²) in [7, 11) is -3.95. The lowest BCUT2D eigenvalue weighted by molar-refractivity contribution is -0.143. The van der Waals surface area contributed by atoms with Crippen LogP contribution in [0.2, 0.25) is 5.02 Å². The molecule has 45 heavy (non-hydrogen) atoms. The molecule has 0 spiro atoms. The fourth-order valence-electron chi connectivity index (χ4n) is 5.99. The Kier molecular flexibility index (Phi) is 11.1. The smallest absolute Gasteiger partial charge is 0.250 e. The highest BCUT2D eigenvalue weighted by Crippen LogP contribution is 2.31. The number of hydrogen-bond donors (Lipinski definition) is 1. The lowest BCUT2D eigenvalue weighted by Gasteiger charge is -2.35. The van der Waals surface area contributed by atoms with E-state index in [0.29, 0.717) is 56.9 Å². The van der Waals surface area contributed by atoms with Crippen LogP contribution in [0.3, 0.4) is 0 Å². The average molecular weight is 676 g/mol. The number of sulfonamides is 1. The standard InChI is InChI=1S/C31H38ClN5O6S2/c1-2-3-14-35(15-6-9-26(38)27-12-13-33-43-27)20-24-7-4-17-37(24)29(39)21-36-16-5-8-25(31(36)40)34-45(41,42)30-19-22-18-23(32)10-11-28(22)44-30/h2,10-13,18-19,24-25,34H,1,3-9,14-17,20-21H2/t24-,25-/m0/s1. The Balaban J connectivity index is 1.16. The Morgan fingerprint density at radius 3 is 2.78 bits per heavy atom. The molecule has 1 aromatic carbocycles. The molecule has 1 N–H and O–H groups in total. The Morgan fingerprint density at radius 1 is 1.18 bits per heavy atom. The van der Waals surface area contributed by atoms with Gasteiger partial charge < -0.3 is 19.2 Å². The van der Waals surface area contributed by atoms with Crippen LogP contribution in [0.1, 0.15) is 55.5 Å². The van der Waals surface area contributed by atoms with Gasteiger partial charge in [-0.1, -0.05) is 22.8 Å². The number of piperidine rings is 1. The van der Waals surface area contributed by atoms with Crippen LogP contribution < -0.4 is 4.72 Å². The summed E-state index contributed by atoms with van der Waals surface area (Å²) in [5, 5.41) is 4.83. The highest BCUT2D eigenvalue weighted by molar-refractivity contribution is 7.91. The predicted molar refractivity (Wildman–Crippen MR) is 173 cm³/mol. The minimum atomic E-state index is -3.95. The van der Waals surface area contributed by atoms with E-state index >= 15 is 0 Å². The average Bonchev–Trinajstić information content (AvgIpc) is 3.79. The molecule has 14 heteroatoms. The molecule has 2 saturated heterocycles. The van der Waals surface area contributed by atoms with E-state index in [-0.39, 0.29) is 40.2 Å². The van der Waals surface area contributed by atoms with Crippen LogP contribution in [-0.2, 0) is 19.6 Å². The summed E-state index contributed by atoms with van der Waals surface area (Å²) >= 11 is 7.18. The van der Waals surface area contributed by atoms with Gasteiger partial charge in [0.05, 0.1) is 12.7 Å². The summed E-state index contributed by atoms with van der Waals surface area (Å²) in [4.78, 5) is 44.8. The van der Waals surface area contributed by atoms with Gasteiger partial charge in [-0.2, -0.15) is 4.72 Å². The maximum absolute atomic E-state index is 13.5. The summed E-state index contributed by atoms with van der Waals surface area (Å²) in [5.41, 5.74) is 0. The van der Waals surface area contributed by atoms with Crippen LogP contribution in [0, 0.1) is 0 Å². The minimum absolute atomic E-state index is 0.0112. The van der Waals surface area contributed by atoms with Crippen LogP contribution in [0.4, 0.5) is 0 Å². The summed E-state index contributed by atoms with van der Waals surface area (Å²) in [6.07, 6.45) is 7.74. The number of nitrogens with one attached hydrogen (secondary N) is 1. The number of likely N-dealkylation sites (tertiary alicyclic amines) is 2. The van der Waals surface area contributed by atoms with Gasteiger partial charge in [0, 0.05) is 54.4 Å². The number of thiophene rings is 1. The van der Waals surface area contributed by atoms with Crippen molar-refractivity contribution in [2.45, 2.75) is 61.2 Å². The Labute approximate surface area is 272 Å². The molecule has 2 aliphatic rings. The minimum Gasteiger partial charge on any atom is -0.353 e. The fourth-order valence-corrected chi connectivity index (χ4v) is 8.79. The van der Waals surface area contributed by atoms with Crippen LogP contribution in [-0.4, -0.2) is 97.2 Å². The molecule has 5 rings (SSSR count). The summed E-state index contributed by atoms with van der Waals surface area (Å²) in [6, 6.07) is 7.35. The van der Waals surface area contributed by atoms with Crippen molar-refractivity contribution in [3.63, 3.8) is 0 Å². The molecule has 2 aliphatic heterocycles. The molecule has 0 radical (unpaired) electrons. The number of aromatic nitrogens is 1. The van der Waals surface area contributed by atoms with Crippen molar-refractivity contribution in [1.29, 1.82) is 0 Å². The number of amides is 2. The number of ketones is 1. The Bertz CT molecular complexity index is 1630. The number of nitrogens with zero attached hydrogens (tertiary/aromatic N) is 4. The van der Waals surface area contributed by atoms with E-state index < -0.39 is 16.1 Å². The van der Waals surface area contributed by atoms with Crippen LogP contribution >= 0.6 is 22.9 Å². The third-order valence-electron chi connectivity index (χ3n) is 8.28. The zero-order valence-electron chi connectivity index (χ0n) is 25.0. The first-order valence-corrected chi connectivity index (χ1v) is 17.9. The van der Waals surface area contributed by atoms with Gasteiger partial charge in [-0.05, 0) is 74.7 Å². The van der Waals surface area contributed by atoms with Gasteiger partial charge in [0.2, 0.25) is 23.4 Å². The molecular weight excluding hydrogens is 638 g/mol. The predicted octanol–water partition coefficient (Wildman–Crippen LogP) is 4.34. The highest BCUT2D eigenvalue weighted by Gasteiger charge is 2.36. The van der Waals surface area contributed by atoms with Crippen molar-refractivity contribution in [2.75, 3.05) is 39.3 Å². The van der Waals surface area contributed by atoms with Gasteiger partial charge in [-0.3, -0.25) is 14.4 Å². The lowest BCUT2D eigenvalue weighted by atomic mass is 10.1. The molecule has 0 unspecified atom stereocenters. The molecule has 11 nitrogen and oxygen atoms in total. The first kappa shape index (κ1) is 33.3. The van der Waals surface area contributed by atoms with E-state index in [1.165, 1.54) is 11.1 Å². The maximum Gasteiger partial charge on any atom is 0.250 e. The van der Waals surface area contributed by atoms with Gasteiger partial charge in [-0.15, -0.1) is 17.9 Å². The van der Waals surface area contributed by atoms with Crippen molar-refractivity contribution in [3.05, 3.63) is 60.0 Å². The number of fused-ring (bicyclic) bond motifs is 1. The molecule has 3 aromatic rings. The summed E-state index contributed by atoms with van der Waals surface area (Å²) < 4.78 is 34.9. The maximum atomic E-state index is 13.5. The molecule has 2 aromatic heterocycles. The molecular formula is C31H38ClN5O6S2. The number of Topliss-reactive ketones (excluding diaryl/α,β-unsaturated/α-hetero) is 1. The van der Waals surface area contributed by atoms with Crippen molar-refractivity contribution < 1.29 is 27.3 Å². The third kappa shape index (κ3) is 8.39. The summed E-state index contributed by atoms with van der Waals surface area (Å²) in [5.74, 6) is -0.357. The van der Waals surface area contributed by atoms with E-state index in [9.17, 15) is 22.8 Å². The zero-order valence-corrected chi connectivity index (χ0v) is 27.4. The lowest BCUT2D eigenvalue weighted by Crippen LogP contribution is -2.55. The first-order chi connectivity index (χ1) is 21.6. The molecule has 2 atom stereocenters. The van der Waals surface area contributed by atoms with Crippen molar-refractivity contribution in [2.24, 2.45) is 0 Å². The monoisotopic (exact) mass is 675 g/mol. The normalized spacial score (nSPS) is 19.1. The van der Waals surface area contributed by atoms with Crippen LogP contribution in [0.5, 0.6) is 0 Å². The molecule has 2 amide bonds. The quantitative estimate of drug-likeness (QED) is 0.186. The number of benzene rings is 1. The fraction of sp³-hybridized carbons (Fsp3) is 0.484. The highest BCUT2D eigenvalue weighted by atomic mass is 35.5. The van der Waals surface area contributed by atoms with Gasteiger partial charge in [0.1, 0.15) is 10.3 Å². The Morgan fingerprint density at radius 2 is 2.00 bits per heavy atom. The molecule has 2 fully saturated rings. The Hall–Kier alpha value is -3.10. The molecule has 242 valence electrons. The second-order valence-electron chi connectivity index (χ2n) is 11.5. The summed E-state index contributed by atoms with van der Waals surface area (Å²) in [6.45, 7) is 6.85. The van der Waals surface area contributed by atoms with E-state index in [1.54, 1.807) is 30.3 Å². The molecule has 0 saturated carbocycles. The van der Waals surface area contributed by atoms with Crippen molar-refractivity contribution >= 4 is 60.6 Å². The van der Waals surface area contributed by atoms with Crippen molar-refractivity contribution in [1.82, 2.24) is 24.6 Å². The van der Waals surface area contributed by atoms with Gasteiger partial charge >= 0.3 is 0 Å². The number of carbonyl (C=O) groups is 3. The second-order valence-corrected chi connectivity index (χ2v) is 14.9. The van der Waals surface area contributed by atoms with E-state index in [4.69, 9.17) is 16.1 Å². The molecule has 0 aliphatic carbocycles.